The summed E-state index contributed by atoms with van der Waals surface area (Å²) in [4.78, 5) is 35.2. The average molecular weight is 630 g/mol. The first-order valence-corrected chi connectivity index (χ1v) is 10.7. The molecule has 0 saturated heterocycles. The van der Waals surface area contributed by atoms with Crippen LogP contribution in [0.2, 0.25) is 0 Å². The molecule has 1 aliphatic carbocycles. The molecule has 0 fully saturated rings. The van der Waals surface area contributed by atoms with Gasteiger partial charge in [-0.3, -0.25) is 10.1 Å². The molecular formula is C22H15F9N6O6. The number of nitriles is 1. The molecule has 0 atom stereocenters. The number of carbonyl (C=O) groups is 3. The van der Waals surface area contributed by atoms with Crippen molar-refractivity contribution >= 4 is 23.7 Å². The summed E-state index contributed by atoms with van der Waals surface area (Å²) in [7, 11) is 0. The van der Waals surface area contributed by atoms with Gasteiger partial charge in [0.25, 0.3) is 0 Å². The number of halogens is 9. The summed E-state index contributed by atoms with van der Waals surface area (Å²) < 4.78 is 95.2. The van der Waals surface area contributed by atoms with Gasteiger partial charge in [0, 0.05) is 29.2 Å². The van der Waals surface area contributed by atoms with Crippen LogP contribution >= 0.6 is 0 Å². The smallest absolute Gasteiger partial charge is 0.475 e. The first kappa shape index (κ1) is 35.6. The van der Waals surface area contributed by atoms with Crippen molar-refractivity contribution in [3.63, 3.8) is 0 Å². The molecule has 0 aliphatic heterocycles. The van der Waals surface area contributed by atoms with Gasteiger partial charge in [-0.25, -0.2) is 19.4 Å². The number of aliphatic carboxylic acids is 3. The van der Waals surface area contributed by atoms with Gasteiger partial charge in [0.1, 0.15) is 17.5 Å². The Labute approximate surface area is 232 Å². The molecule has 0 aromatic carbocycles. The Morgan fingerprint density at radius 3 is 1.70 bits per heavy atom. The number of hydrogen-bond acceptors (Lipinski definition) is 8. The minimum atomic E-state index is -5.08. The number of H-pyrrole nitrogens is 1. The second-order valence-electron chi connectivity index (χ2n) is 7.59. The van der Waals surface area contributed by atoms with Crippen molar-refractivity contribution in [3.8, 4) is 28.5 Å². The SMILES string of the molecule is N#Cc1c(N)nc2c(c1-c1ccncc1)CCc1[nH]ncc1-2.O=C(O)C(F)(F)F.O=C(O)C(F)(F)F.O=C(O)C(F)(F)F. The molecule has 0 saturated carbocycles. The van der Waals surface area contributed by atoms with E-state index in [4.69, 9.17) is 35.4 Å². The van der Waals surface area contributed by atoms with Crippen LogP contribution in [0.15, 0.2) is 30.7 Å². The molecule has 0 unspecified atom stereocenters. The summed E-state index contributed by atoms with van der Waals surface area (Å²) in [6.45, 7) is 0. The molecule has 0 bridgehead atoms. The van der Waals surface area contributed by atoms with E-state index >= 15 is 0 Å². The van der Waals surface area contributed by atoms with E-state index in [-0.39, 0.29) is 5.82 Å². The number of alkyl halides is 9. The molecule has 3 aromatic rings. The maximum atomic E-state index is 10.6. The third-order valence-corrected chi connectivity index (χ3v) is 4.73. The Morgan fingerprint density at radius 2 is 1.30 bits per heavy atom. The van der Waals surface area contributed by atoms with Crippen molar-refractivity contribution in [2.75, 3.05) is 5.73 Å². The number of nitrogens with one attached hydrogen (secondary N) is 1. The van der Waals surface area contributed by atoms with E-state index in [9.17, 15) is 44.8 Å². The first-order valence-electron chi connectivity index (χ1n) is 10.7. The number of carboxylic acids is 3. The molecule has 0 radical (unpaired) electrons. The molecular weight excluding hydrogens is 615 g/mol. The zero-order chi connectivity index (χ0) is 33.3. The Morgan fingerprint density at radius 1 is 0.860 bits per heavy atom. The number of carboxylic acid groups (broad SMARTS) is 3. The monoisotopic (exact) mass is 630 g/mol. The molecule has 43 heavy (non-hydrogen) atoms. The fraction of sp³-hybridized carbons (Fsp3) is 0.227. The summed E-state index contributed by atoms with van der Waals surface area (Å²) in [6.07, 6.45) is -8.42. The summed E-state index contributed by atoms with van der Waals surface area (Å²) in [5.41, 5.74) is 12.2. The lowest BCUT2D eigenvalue weighted by molar-refractivity contribution is -0.193. The van der Waals surface area contributed by atoms with Gasteiger partial charge in [0.2, 0.25) is 0 Å². The lowest BCUT2D eigenvalue weighted by Gasteiger charge is -2.20. The van der Waals surface area contributed by atoms with Crippen LogP contribution in [0.1, 0.15) is 16.8 Å². The zero-order valence-corrected chi connectivity index (χ0v) is 20.6. The maximum Gasteiger partial charge on any atom is 0.490 e. The number of anilines is 1. The predicted molar refractivity (Wildman–Crippen MR) is 123 cm³/mol. The Bertz CT molecular complexity index is 1440. The molecule has 3 heterocycles. The van der Waals surface area contributed by atoms with Gasteiger partial charge in [0.15, 0.2) is 0 Å². The third-order valence-electron chi connectivity index (χ3n) is 4.73. The van der Waals surface area contributed by atoms with E-state index in [0.29, 0.717) is 5.56 Å². The molecule has 3 aromatic heterocycles. The number of nitrogens with two attached hydrogens (primary N) is 1. The van der Waals surface area contributed by atoms with Crippen LogP contribution in [-0.4, -0.2) is 71.9 Å². The largest absolute Gasteiger partial charge is 0.490 e. The zero-order valence-electron chi connectivity index (χ0n) is 20.6. The predicted octanol–water partition coefficient (Wildman–Crippen LogP) is 3.99. The summed E-state index contributed by atoms with van der Waals surface area (Å²) in [6, 6.07) is 5.98. The number of aryl methyl sites for hydroxylation is 1. The second-order valence-corrected chi connectivity index (χ2v) is 7.59. The standard InChI is InChI=1S/C16H12N6.3C2HF3O2/c17-7-11-14(9-3-5-19-6-4-9)10-1-2-13-12(8-20-22-13)15(10)21-16(11)18;3*3-2(4,5)1(6)7/h3-6,8H,1-2H2,(H2,18,21)(H,20,22);3*(H,6,7). The molecule has 0 spiro atoms. The third kappa shape index (κ3) is 10.2. The van der Waals surface area contributed by atoms with Crippen molar-refractivity contribution in [1.29, 1.82) is 5.26 Å². The highest BCUT2D eigenvalue weighted by atomic mass is 19.4. The summed E-state index contributed by atoms with van der Waals surface area (Å²) in [5, 5.41) is 38.0. The molecule has 4 rings (SSSR count). The van der Waals surface area contributed by atoms with Gasteiger partial charge in [-0.2, -0.15) is 49.9 Å². The Kier molecular flexibility index (Phi) is 11.6. The van der Waals surface area contributed by atoms with E-state index in [1.165, 1.54) is 0 Å². The maximum absolute atomic E-state index is 10.6. The number of nitrogen functional groups attached to an aromatic ring is 1. The van der Waals surface area contributed by atoms with Crippen LogP contribution in [0.3, 0.4) is 0 Å². The average Bonchev–Trinajstić information content (AvgIpc) is 3.37. The van der Waals surface area contributed by atoms with E-state index in [1.807, 2.05) is 12.1 Å². The Hall–Kier alpha value is -5.42. The highest BCUT2D eigenvalue weighted by Crippen LogP contribution is 2.40. The topological polar surface area (TPSA) is 216 Å². The lowest BCUT2D eigenvalue weighted by Crippen LogP contribution is -2.21. The van der Waals surface area contributed by atoms with Crippen molar-refractivity contribution in [3.05, 3.63) is 47.5 Å². The Balaban J connectivity index is 0.000000363. The molecule has 6 N–H and O–H groups in total. The van der Waals surface area contributed by atoms with Gasteiger partial charge in [-0.05, 0) is 36.1 Å². The number of fused-ring (bicyclic) bond motifs is 3. The highest BCUT2D eigenvalue weighted by Gasteiger charge is 2.39. The van der Waals surface area contributed by atoms with E-state index < -0.39 is 36.4 Å². The molecule has 12 nitrogen and oxygen atoms in total. The lowest BCUT2D eigenvalue weighted by atomic mass is 9.86. The fourth-order valence-corrected chi connectivity index (χ4v) is 3.02. The first-order chi connectivity index (χ1) is 19.6. The normalized spacial score (nSPS) is 11.8. The summed E-state index contributed by atoms with van der Waals surface area (Å²) in [5.74, 6) is -8.02. The van der Waals surface area contributed by atoms with E-state index in [1.54, 1.807) is 18.6 Å². The van der Waals surface area contributed by atoms with Crippen molar-refractivity contribution in [2.45, 2.75) is 31.4 Å². The number of nitrogens with zero attached hydrogens (tertiary/aromatic N) is 4. The van der Waals surface area contributed by atoms with Crippen LogP contribution in [0.4, 0.5) is 45.3 Å². The molecule has 21 heteroatoms. The van der Waals surface area contributed by atoms with Crippen molar-refractivity contribution in [1.82, 2.24) is 20.2 Å². The molecule has 1 aliphatic rings. The van der Waals surface area contributed by atoms with Gasteiger partial charge < -0.3 is 21.1 Å². The molecule has 232 valence electrons. The second kappa shape index (κ2) is 14.0. The van der Waals surface area contributed by atoms with Gasteiger partial charge >= 0.3 is 36.4 Å². The molecule has 0 amide bonds. The van der Waals surface area contributed by atoms with Crippen molar-refractivity contribution in [2.24, 2.45) is 0 Å². The number of aromatic amines is 1. The van der Waals surface area contributed by atoms with E-state index in [2.05, 4.69) is 26.2 Å². The van der Waals surface area contributed by atoms with Crippen LogP contribution in [0.5, 0.6) is 0 Å². The van der Waals surface area contributed by atoms with Crippen LogP contribution < -0.4 is 5.73 Å². The minimum Gasteiger partial charge on any atom is -0.475 e. The number of hydrogen-bond donors (Lipinski definition) is 5. The van der Waals surface area contributed by atoms with Crippen LogP contribution in [-0.2, 0) is 27.2 Å². The number of aromatic nitrogens is 4. The van der Waals surface area contributed by atoms with Crippen LogP contribution in [0.25, 0.3) is 22.4 Å². The fourth-order valence-electron chi connectivity index (χ4n) is 3.02. The quantitative estimate of drug-likeness (QED) is 0.242. The van der Waals surface area contributed by atoms with Gasteiger partial charge in [0.05, 0.1) is 11.9 Å². The van der Waals surface area contributed by atoms with Crippen molar-refractivity contribution < 1.29 is 69.2 Å². The van der Waals surface area contributed by atoms with Crippen LogP contribution in [0, 0.1) is 11.3 Å². The van der Waals surface area contributed by atoms with Gasteiger partial charge in [-0.15, -0.1) is 0 Å². The number of pyridine rings is 2. The highest BCUT2D eigenvalue weighted by molar-refractivity contribution is 5.85. The van der Waals surface area contributed by atoms with Gasteiger partial charge in [-0.1, -0.05) is 0 Å². The minimum absolute atomic E-state index is 0.252. The summed E-state index contributed by atoms with van der Waals surface area (Å²) >= 11 is 0. The van der Waals surface area contributed by atoms with E-state index in [0.717, 1.165) is 46.5 Å². The number of rotatable bonds is 1.